The summed E-state index contributed by atoms with van der Waals surface area (Å²) in [5, 5.41) is 0. The van der Waals surface area contributed by atoms with Crippen molar-refractivity contribution in [3.63, 3.8) is 0 Å². The number of hydrogen-bond acceptors (Lipinski definition) is 5. The lowest BCUT2D eigenvalue weighted by Crippen LogP contribution is -2.35. The summed E-state index contributed by atoms with van der Waals surface area (Å²) in [6.07, 6.45) is 0.155. The Kier molecular flexibility index (Phi) is 7.18. The van der Waals surface area contributed by atoms with Gasteiger partial charge in [0.05, 0.1) is 13.2 Å². The molecule has 0 heterocycles. The van der Waals surface area contributed by atoms with Crippen LogP contribution in [0, 0.1) is 11.8 Å². The van der Waals surface area contributed by atoms with E-state index < -0.39 is 23.6 Å². The van der Waals surface area contributed by atoms with Crippen molar-refractivity contribution in [2.45, 2.75) is 34.1 Å². The molecule has 0 aromatic rings. The maximum Gasteiger partial charge on any atom is 0.328 e. The van der Waals surface area contributed by atoms with Crippen LogP contribution in [0.3, 0.4) is 0 Å². The zero-order chi connectivity index (χ0) is 13.4. The molecule has 0 rings (SSSR count). The molecule has 98 valence electrons. The summed E-state index contributed by atoms with van der Waals surface area (Å²) in [4.78, 5) is 34.9. The predicted octanol–water partition coefficient (Wildman–Crippen LogP) is 1.34. The highest BCUT2D eigenvalue weighted by Crippen LogP contribution is 2.12. The second-order valence-electron chi connectivity index (χ2n) is 4.00. The molecule has 0 N–H and O–H groups in total. The zero-order valence-corrected chi connectivity index (χ0v) is 10.8. The minimum Gasteiger partial charge on any atom is -0.465 e. The van der Waals surface area contributed by atoms with Gasteiger partial charge in [0.25, 0.3) is 0 Å². The predicted molar refractivity (Wildman–Crippen MR) is 61.2 cm³/mol. The molecule has 0 aliphatic heterocycles. The first-order valence-corrected chi connectivity index (χ1v) is 5.79. The second-order valence-corrected chi connectivity index (χ2v) is 4.00. The number of carbonyl (C=O) groups excluding carboxylic acids is 3. The largest absolute Gasteiger partial charge is 0.465 e. The number of hydrogen-bond donors (Lipinski definition) is 0. The molecule has 0 atom stereocenters. The zero-order valence-electron chi connectivity index (χ0n) is 10.8. The van der Waals surface area contributed by atoms with E-state index in [2.05, 4.69) is 0 Å². The smallest absolute Gasteiger partial charge is 0.328 e. The van der Waals surface area contributed by atoms with Gasteiger partial charge in [-0.3, -0.25) is 14.4 Å². The van der Waals surface area contributed by atoms with E-state index in [0.717, 1.165) is 0 Å². The van der Waals surface area contributed by atoms with E-state index in [4.69, 9.17) is 9.47 Å². The molecule has 0 amide bonds. The van der Waals surface area contributed by atoms with Gasteiger partial charge in [-0.15, -0.1) is 0 Å². The van der Waals surface area contributed by atoms with Crippen molar-refractivity contribution in [1.29, 1.82) is 0 Å². The van der Waals surface area contributed by atoms with Gasteiger partial charge in [-0.05, 0) is 19.8 Å². The molecular weight excluding hydrogens is 224 g/mol. The first-order chi connectivity index (χ1) is 7.93. The number of rotatable bonds is 7. The molecule has 17 heavy (non-hydrogen) atoms. The van der Waals surface area contributed by atoms with Crippen LogP contribution in [0.1, 0.15) is 34.1 Å². The van der Waals surface area contributed by atoms with Crippen molar-refractivity contribution in [3.8, 4) is 0 Å². The summed E-state index contributed by atoms with van der Waals surface area (Å²) in [6.45, 7) is 7.17. The van der Waals surface area contributed by atoms with Gasteiger partial charge in [0.15, 0.2) is 5.78 Å². The molecule has 0 unspecified atom stereocenters. The first-order valence-electron chi connectivity index (χ1n) is 5.79. The van der Waals surface area contributed by atoms with Crippen LogP contribution in [0.25, 0.3) is 0 Å². The summed E-state index contributed by atoms with van der Waals surface area (Å²) < 4.78 is 9.43. The minimum absolute atomic E-state index is 0.0776. The minimum atomic E-state index is -1.43. The van der Waals surface area contributed by atoms with Crippen molar-refractivity contribution in [1.82, 2.24) is 0 Å². The Labute approximate surface area is 101 Å². The molecule has 0 fully saturated rings. The Balaban J connectivity index is 4.77. The summed E-state index contributed by atoms with van der Waals surface area (Å²) in [6, 6.07) is 0. The van der Waals surface area contributed by atoms with Gasteiger partial charge in [-0.25, -0.2) is 0 Å². The van der Waals surface area contributed by atoms with E-state index in [9.17, 15) is 14.4 Å². The Bertz CT molecular complexity index is 265. The number of carbonyl (C=O) groups is 3. The molecule has 5 heteroatoms. The summed E-state index contributed by atoms with van der Waals surface area (Å²) in [5.74, 6) is -3.45. The van der Waals surface area contributed by atoms with Gasteiger partial charge in [-0.1, -0.05) is 13.8 Å². The Morgan fingerprint density at radius 2 is 1.35 bits per heavy atom. The SMILES string of the molecule is CCOC(=O)C(C(=O)CC(C)C)C(=O)OCC. The summed E-state index contributed by atoms with van der Waals surface area (Å²) >= 11 is 0. The van der Waals surface area contributed by atoms with Crippen LogP contribution in [-0.4, -0.2) is 30.9 Å². The summed E-state index contributed by atoms with van der Waals surface area (Å²) in [5.41, 5.74) is 0. The van der Waals surface area contributed by atoms with Gasteiger partial charge in [-0.2, -0.15) is 0 Å². The number of ketones is 1. The average molecular weight is 244 g/mol. The third-order valence-corrected chi connectivity index (χ3v) is 1.98. The Morgan fingerprint density at radius 3 is 1.65 bits per heavy atom. The molecule has 0 spiro atoms. The fourth-order valence-electron chi connectivity index (χ4n) is 1.33. The van der Waals surface area contributed by atoms with Crippen LogP contribution in [-0.2, 0) is 23.9 Å². The molecule has 0 aliphatic rings. The van der Waals surface area contributed by atoms with E-state index in [0.29, 0.717) is 0 Å². The third kappa shape index (κ3) is 5.47. The molecule has 0 saturated carbocycles. The molecule has 0 aromatic carbocycles. The molecule has 5 nitrogen and oxygen atoms in total. The van der Waals surface area contributed by atoms with Gasteiger partial charge < -0.3 is 9.47 Å². The van der Waals surface area contributed by atoms with E-state index in [1.54, 1.807) is 13.8 Å². The monoisotopic (exact) mass is 244 g/mol. The van der Waals surface area contributed by atoms with Gasteiger partial charge in [0.2, 0.25) is 5.92 Å². The molecule has 0 aliphatic carbocycles. The van der Waals surface area contributed by atoms with Crippen LogP contribution < -0.4 is 0 Å². The number of ether oxygens (including phenoxy) is 2. The van der Waals surface area contributed by atoms with Gasteiger partial charge in [0.1, 0.15) is 0 Å². The van der Waals surface area contributed by atoms with Crippen molar-refractivity contribution in [2.24, 2.45) is 11.8 Å². The van der Waals surface area contributed by atoms with Crippen LogP contribution in [0.2, 0.25) is 0 Å². The molecular formula is C12H20O5. The normalized spacial score (nSPS) is 10.5. The Hall–Kier alpha value is -1.39. The average Bonchev–Trinajstić information content (AvgIpc) is 2.17. The summed E-state index contributed by atoms with van der Waals surface area (Å²) in [7, 11) is 0. The second kappa shape index (κ2) is 7.81. The molecule has 0 aromatic heterocycles. The Morgan fingerprint density at radius 1 is 0.941 bits per heavy atom. The fourth-order valence-corrected chi connectivity index (χ4v) is 1.33. The van der Waals surface area contributed by atoms with Gasteiger partial charge >= 0.3 is 11.9 Å². The first kappa shape index (κ1) is 15.6. The van der Waals surface area contributed by atoms with Crippen LogP contribution in [0.5, 0.6) is 0 Å². The van der Waals surface area contributed by atoms with Crippen LogP contribution in [0.4, 0.5) is 0 Å². The van der Waals surface area contributed by atoms with E-state index in [-0.39, 0.29) is 25.6 Å². The number of esters is 2. The van der Waals surface area contributed by atoms with Crippen molar-refractivity contribution < 1.29 is 23.9 Å². The standard InChI is InChI=1S/C12H20O5/c1-5-16-11(14)10(12(15)17-6-2)9(13)7-8(3)4/h8,10H,5-7H2,1-4H3. The van der Waals surface area contributed by atoms with Crippen molar-refractivity contribution in [3.05, 3.63) is 0 Å². The highest BCUT2D eigenvalue weighted by Gasteiger charge is 2.36. The maximum absolute atomic E-state index is 11.8. The highest BCUT2D eigenvalue weighted by molar-refractivity contribution is 6.15. The third-order valence-electron chi connectivity index (χ3n) is 1.98. The lowest BCUT2D eigenvalue weighted by atomic mass is 9.96. The van der Waals surface area contributed by atoms with E-state index >= 15 is 0 Å². The lowest BCUT2D eigenvalue weighted by molar-refractivity contribution is -0.164. The quantitative estimate of drug-likeness (QED) is 0.499. The molecule has 0 saturated heterocycles. The van der Waals surface area contributed by atoms with E-state index in [1.807, 2.05) is 13.8 Å². The molecule has 0 radical (unpaired) electrons. The van der Waals surface area contributed by atoms with Crippen molar-refractivity contribution in [2.75, 3.05) is 13.2 Å². The molecule has 0 bridgehead atoms. The van der Waals surface area contributed by atoms with Gasteiger partial charge in [0, 0.05) is 6.42 Å². The number of Topliss-reactive ketones (excluding diaryl/α,β-unsaturated/α-hetero) is 1. The fraction of sp³-hybridized carbons (Fsp3) is 0.750. The maximum atomic E-state index is 11.8. The van der Waals surface area contributed by atoms with Crippen LogP contribution in [0.15, 0.2) is 0 Å². The van der Waals surface area contributed by atoms with Crippen molar-refractivity contribution >= 4 is 17.7 Å². The van der Waals surface area contributed by atoms with E-state index in [1.165, 1.54) is 0 Å². The lowest BCUT2D eigenvalue weighted by Gasteiger charge is -2.14. The topological polar surface area (TPSA) is 69.7 Å². The highest BCUT2D eigenvalue weighted by atomic mass is 16.6. The van der Waals surface area contributed by atoms with Crippen LogP contribution >= 0.6 is 0 Å².